The number of methoxy groups -OCH3 is 2. The highest BCUT2D eigenvalue weighted by atomic mass is 32.1. The van der Waals surface area contributed by atoms with E-state index >= 15 is 0 Å². The van der Waals surface area contributed by atoms with E-state index in [-0.39, 0.29) is 12.5 Å². The van der Waals surface area contributed by atoms with Gasteiger partial charge in [-0.05, 0) is 56.1 Å². The average Bonchev–Trinajstić information content (AvgIpc) is 3.39. The van der Waals surface area contributed by atoms with Gasteiger partial charge in [-0.15, -0.1) is 11.3 Å². The minimum Gasteiger partial charge on any atom is -0.493 e. The lowest BCUT2D eigenvalue weighted by Crippen LogP contribution is -2.33. The lowest BCUT2D eigenvalue weighted by atomic mass is 10.1. The topological polar surface area (TPSA) is 68.3 Å². The quantitative estimate of drug-likeness (QED) is 0.551. The molecule has 1 atom stereocenters. The van der Waals surface area contributed by atoms with Crippen molar-refractivity contribution in [1.82, 2.24) is 9.80 Å². The molecule has 1 amide bonds. The number of ether oxygens (including phenoxy) is 3. The summed E-state index contributed by atoms with van der Waals surface area (Å²) in [7, 11) is 4.63. The number of nitrogens with zero attached hydrogens (tertiary/aromatic N) is 2. The fourth-order valence-corrected chi connectivity index (χ4v) is 4.73. The summed E-state index contributed by atoms with van der Waals surface area (Å²) < 4.78 is 15.3. The summed E-state index contributed by atoms with van der Waals surface area (Å²) in [5, 5.41) is 0. The molecule has 1 saturated heterocycles. The fourth-order valence-electron chi connectivity index (χ4n) is 3.80. The molecule has 0 aliphatic carbocycles. The van der Waals surface area contributed by atoms with Crippen LogP contribution in [-0.4, -0.2) is 69.2 Å². The molecule has 1 aliphatic heterocycles. The Balaban J connectivity index is 1.55. The van der Waals surface area contributed by atoms with Crippen LogP contribution in [0.15, 0.2) is 30.3 Å². The van der Waals surface area contributed by atoms with Gasteiger partial charge in [-0.25, -0.2) is 4.79 Å². The van der Waals surface area contributed by atoms with Gasteiger partial charge < -0.3 is 19.1 Å². The van der Waals surface area contributed by atoms with E-state index in [0.29, 0.717) is 29.5 Å². The molecule has 31 heavy (non-hydrogen) atoms. The fraction of sp³-hybridized carbons (Fsp3) is 0.478. The van der Waals surface area contributed by atoms with E-state index in [1.54, 1.807) is 23.1 Å². The van der Waals surface area contributed by atoms with E-state index in [4.69, 9.17) is 9.47 Å². The predicted molar refractivity (Wildman–Crippen MR) is 120 cm³/mol. The zero-order valence-electron chi connectivity index (χ0n) is 18.6. The van der Waals surface area contributed by atoms with Crippen LogP contribution in [0.4, 0.5) is 0 Å². The monoisotopic (exact) mass is 446 g/mol. The lowest BCUT2D eigenvalue weighted by Gasteiger charge is -2.22. The van der Waals surface area contributed by atoms with Crippen molar-refractivity contribution in [3.05, 3.63) is 45.6 Å². The third kappa shape index (κ3) is 6.21. The van der Waals surface area contributed by atoms with Crippen molar-refractivity contribution in [2.45, 2.75) is 19.9 Å². The molecular weight excluding hydrogens is 416 g/mol. The first kappa shape index (κ1) is 23.1. The number of thiophene rings is 1. The number of hydrogen-bond acceptors (Lipinski definition) is 7. The smallest absolute Gasteiger partial charge is 0.343 e. The number of rotatable bonds is 9. The van der Waals surface area contributed by atoms with Crippen LogP contribution in [0.25, 0.3) is 0 Å². The van der Waals surface area contributed by atoms with Crippen molar-refractivity contribution in [3.8, 4) is 11.5 Å². The van der Waals surface area contributed by atoms with Crippen molar-refractivity contribution in [1.29, 1.82) is 0 Å². The summed E-state index contributed by atoms with van der Waals surface area (Å²) in [4.78, 5) is 31.2. The van der Waals surface area contributed by atoms with Gasteiger partial charge in [-0.2, -0.15) is 0 Å². The number of carbonyl (C=O) groups is 2. The molecule has 0 bridgehead atoms. The summed E-state index contributed by atoms with van der Waals surface area (Å²) in [6, 6.07) is 9.34. The molecule has 168 valence electrons. The average molecular weight is 447 g/mol. The van der Waals surface area contributed by atoms with Crippen LogP contribution in [0, 0.1) is 12.8 Å². The Labute approximate surface area is 187 Å². The van der Waals surface area contributed by atoms with Crippen molar-refractivity contribution >= 4 is 23.2 Å². The second-order valence-corrected chi connectivity index (χ2v) is 9.19. The molecule has 1 aromatic carbocycles. The Morgan fingerprint density at radius 1 is 1.19 bits per heavy atom. The summed E-state index contributed by atoms with van der Waals surface area (Å²) in [6.07, 6.45) is 1.09. The normalized spacial score (nSPS) is 16.2. The third-order valence-corrected chi connectivity index (χ3v) is 6.39. The Kier molecular flexibility index (Phi) is 7.92. The molecule has 8 heteroatoms. The first-order chi connectivity index (χ1) is 14.9. The van der Waals surface area contributed by atoms with E-state index < -0.39 is 5.97 Å². The summed E-state index contributed by atoms with van der Waals surface area (Å²) in [5.41, 5.74) is 0.522. The number of likely N-dealkylation sites (tertiary alicyclic amines) is 1. The van der Waals surface area contributed by atoms with Gasteiger partial charge in [0.2, 0.25) is 0 Å². The van der Waals surface area contributed by atoms with Gasteiger partial charge in [0.05, 0.1) is 14.2 Å². The Bertz CT molecular complexity index is 913. The maximum absolute atomic E-state index is 12.9. The Hall–Kier alpha value is -2.58. The first-order valence-corrected chi connectivity index (χ1v) is 11.1. The largest absolute Gasteiger partial charge is 0.493 e. The standard InChI is InChI=1S/C23H30N2O5S/c1-16-5-7-19(31-16)14-25-10-9-17(13-25)12-24(2)23(27)18-6-8-20(21(11-18)28-3)30-15-22(26)29-4/h5-8,11,17H,9-10,12-15H2,1-4H3/t17-/m0/s1. The molecule has 0 spiro atoms. The summed E-state index contributed by atoms with van der Waals surface area (Å²) >= 11 is 1.85. The van der Waals surface area contributed by atoms with Crippen LogP contribution in [-0.2, 0) is 16.1 Å². The minimum absolute atomic E-state index is 0.0647. The molecule has 3 rings (SSSR count). The van der Waals surface area contributed by atoms with E-state index in [1.807, 2.05) is 18.4 Å². The maximum Gasteiger partial charge on any atom is 0.343 e. The van der Waals surface area contributed by atoms with Gasteiger partial charge in [0.25, 0.3) is 5.91 Å². The zero-order chi connectivity index (χ0) is 22.4. The molecule has 2 heterocycles. The molecular formula is C23H30N2O5S. The third-order valence-electron chi connectivity index (χ3n) is 5.41. The van der Waals surface area contributed by atoms with Crippen LogP contribution >= 0.6 is 11.3 Å². The highest BCUT2D eigenvalue weighted by Crippen LogP contribution is 2.29. The van der Waals surface area contributed by atoms with Crippen LogP contribution in [0.3, 0.4) is 0 Å². The minimum atomic E-state index is -0.484. The summed E-state index contributed by atoms with van der Waals surface area (Å²) in [5.74, 6) is 0.704. The number of carbonyl (C=O) groups excluding carboxylic acids is 2. The van der Waals surface area contributed by atoms with Gasteiger partial charge in [0.1, 0.15) is 0 Å². The molecule has 0 N–H and O–H groups in total. The van der Waals surface area contributed by atoms with Crippen LogP contribution in [0.2, 0.25) is 0 Å². The highest BCUT2D eigenvalue weighted by Gasteiger charge is 2.26. The number of benzene rings is 1. The van der Waals surface area contributed by atoms with E-state index in [9.17, 15) is 9.59 Å². The molecule has 1 fully saturated rings. The number of aryl methyl sites for hydroxylation is 1. The molecule has 0 radical (unpaired) electrons. The van der Waals surface area contributed by atoms with Crippen molar-refractivity contribution in [2.24, 2.45) is 5.92 Å². The van der Waals surface area contributed by atoms with Crippen molar-refractivity contribution < 1.29 is 23.8 Å². The first-order valence-electron chi connectivity index (χ1n) is 10.3. The summed E-state index contributed by atoms with van der Waals surface area (Å²) in [6.45, 7) is 5.66. The second-order valence-electron chi connectivity index (χ2n) is 7.82. The Morgan fingerprint density at radius 2 is 2.00 bits per heavy atom. The SMILES string of the molecule is COC(=O)COc1ccc(C(=O)N(C)C[C@@H]2CCN(Cc3ccc(C)s3)C2)cc1OC. The van der Waals surface area contributed by atoms with Crippen LogP contribution in [0.1, 0.15) is 26.5 Å². The molecule has 0 unspecified atom stereocenters. The van der Waals surface area contributed by atoms with Crippen LogP contribution in [0.5, 0.6) is 11.5 Å². The Morgan fingerprint density at radius 3 is 2.68 bits per heavy atom. The second kappa shape index (κ2) is 10.6. The van der Waals surface area contributed by atoms with Crippen molar-refractivity contribution in [2.75, 3.05) is 47.5 Å². The van der Waals surface area contributed by atoms with Gasteiger partial charge in [0, 0.05) is 42.0 Å². The maximum atomic E-state index is 12.9. The van der Waals surface area contributed by atoms with Crippen molar-refractivity contribution in [3.63, 3.8) is 0 Å². The molecule has 1 aliphatic rings. The molecule has 1 aromatic heterocycles. The lowest BCUT2D eigenvalue weighted by molar-refractivity contribution is -0.142. The van der Waals surface area contributed by atoms with E-state index in [0.717, 1.165) is 26.1 Å². The van der Waals surface area contributed by atoms with E-state index in [2.05, 4.69) is 28.7 Å². The molecule has 0 saturated carbocycles. The van der Waals surface area contributed by atoms with Gasteiger partial charge in [-0.1, -0.05) is 0 Å². The number of esters is 1. The van der Waals surface area contributed by atoms with Gasteiger partial charge >= 0.3 is 5.97 Å². The molecule has 2 aromatic rings. The number of hydrogen-bond donors (Lipinski definition) is 0. The predicted octanol–water partition coefficient (Wildman–Crippen LogP) is 3.21. The number of amides is 1. The highest BCUT2D eigenvalue weighted by molar-refractivity contribution is 7.11. The van der Waals surface area contributed by atoms with Gasteiger partial charge in [-0.3, -0.25) is 9.69 Å². The zero-order valence-corrected chi connectivity index (χ0v) is 19.4. The van der Waals surface area contributed by atoms with Crippen LogP contribution < -0.4 is 9.47 Å². The molecule has 7 nitrogen and oxygen atoms in total. The van der Waals surface area contributed by atoms with E-state index in [1.165, 1.54) is 24.0 Å². The van der Waals surface area contributed by atoms with Gasteiger partial charge in [0.15, 0.2) is 18.1 Å².